The van der Waals surface area contributed by atoms with Gasteiger partial charge in [0.15, 0.2) is 0 Å². The first kappa shape index (κ1) is 12.0. The first-order chi connectivity index (χ1) is 8.15. The molecule has 1 N–H and O–H groups in total. The van der Waals surface area contributed by atoms with E-state index < -0.39 is 0 Å². The predicted octanol–water partition coefficient (Wildman–Crippen LogP) is 2.54. The Morgan fingerprint density at radius 3 is 2.88 bits per heavy atom. The second kappa shape index (κ2) is 5.21. The predicted molar refractivity (Wildman–Crippen MR) is 68.2 cm³/mol. The van der Waals surface area contributed by atoms with Crippen LogP contribution in [0.4, 0.5) is 5.69 Å². The van der Waals surface area contributed by atoms with Gasteiger partial charge in [-0.15, -0.1) is 0 Å². The van der Waals surface area contributed by atoms with Crippen molar-refractivity contribution in [3.8, 4) is 0 Å². The number of benzene rings is 1. The molecule has 0 amide bonds. The Labute approximate surface area is 102 Å². The summed E-state index contributed by atoms with van der Waals surface area (Å²) in [6.45, 7) is 3.94. The third-order valence-corrected chi connectivity index (χ3v) is 2.90. The number of esters is 1. The topological polar surface area (TPSA) is 38.3 Å². The number of carbonyl (C=O) groups excluding carboxylic acids is 1. The van der Waals surface area contributed by atoms with Crippen LogP contribution in [0.2, 0.25) is 0 Å². The van der Waals surface area contributed by atoms with Gasteiger partial charge in [-0.05, 0) is 56.4 Å². The minimum Gasteiger partial charge on any atom is -0.462 e. The second-order valence-electron chi connectivity index (χ2n) is 4.73. The third kappa shape index (κ3) is 3.22. The zero-order valence-electron chi connectivity index (χ0n) is 10.5. The second-order valence-corrected chi connectivity index (χ2v) is 4.73. The average Bonchev–Trinajstić information content (AvgIpc) is 2.72. The van der Waals surface area contributed by atoms with Gasteiger partial charge in [-0.1, -0.05) is 6.07 Å². The lowest BCUT2D eigenvalue weighted by molar-refractivity contribution is -0.145. The van der Waals surface area contributed by atoms with Crippen LogP contribution in [0, 0.1) is 0 Å². The largest absolute Gasteiger partial charge is 0.462 e. The van der Waals surface area contributed by atoms with Crippen molar-refractivity contribution >= 4 is 11.7 Å². The Balaban J connectivity index is 1.89. The van der Waals surface area contributed by atoms with Gasteiger partial charge >= 0.3 is 5.97 Å². The molecule has 17 heavy (non-hydrogen) atoms. The lowest BCUT2D eigenvalue weighted by Crippen LogP contribution is -2.20. The van der Waals surface area contributed by atoms with E-state index in [1.165, 1.54) is 24.0 Å². The van der Waals surface area contributed by atoms with Crippen LogP contribution in [0.5, 0.6) is 0 Å². The van der Waals surface area contributed by atoms with Crippen molar-refractivity contribution in [2.24, 2.45) is 0 Å². The number of anilines is 1. The van der Waals surface area contributed by atoms with Gasteiger partial charge in [0.25, 0.3) is 0 Å². The summed E-state index contributed by atoms with van der Waals surface area (Å²) in [6.07, 6.45) is 3.53. The van der Waals surface area contributed by atoms with Crippen molar-refractivity contribution in [3.05, 3.63) is 29.3 Å². The Bertz CT molecular complexity index is 413. The molecule has 1 aromatic rings. The summed E-state index contributed by atoms with van der Waals surface area (Å²) in [5.74, 6) is -0.208. The molecule has 3 nitrogen and oxygen atoms in total. The van der Waals surface area contributed by atoms with E-state index in [1.807, 2.05) is 19.9 Å². The fourth-order valence-corrected chi connectivity index (χ4v) is 2.16. The number of hydrogen-bond donors (Lipinski definition) is 1. The molecule has 0 heterocycles. The minimum atomic E-state index is -0.208. The Morgan fingerprint density at radius 1 is 1.35 bits per heavy atom. The van der Waals surface area contributed by atoms with E-state index >= 15 is 0 Å². The first-order valence-electron chi connectivity index (χ1n) is 6.20. The van der Waals surface area contributed by atoms with Crippen molar-refractivity contribution in [1.29, 1.82) is 0 Å². The van der Waals surface area contributed by atoms with Gasteiger partial charge in [-0.25, -0.2) is 0 Å². The van der Waals surface area contributed by atoms with E-state index in [-0.39, 0.29) is 18.6 Å². The summed E-state index contributed by atoms with van der Waals surface area (Å²) < 4.78 is 5.06. The zero-order chi connectivity index (χ0) is 12.3. The van der Waals surface area contributed by atoms with Crippen LogP contribution >= 0.6 is 0 Å². The van der Waals surface area contributed by atoms with Crippen LogP contribution in [-0.4, -0.2) is 18.6 Å². The molecule has 0 saturated carbocycles. The molecule has 1 aliphatic carbocycles. The Kier molecular flexibility index (Phi) is 3.67. The number of ether oxygens (including phenoxy) is 1. The summed E-state index contributed by atoms with van der Waals surface area (Å²) in [7, 11) is 0. The molecule has 0 fully saturated rings. The van der Waals surface area contributed by atoms with Crippen LogP contribution < -0.4 is 5.32 Å². The van der Waals surface area contributed by atoms with E-state index in [2.05, 4.69) is 17.4 Å². The quantitative estimate of drug-likeness (QED) is 0.812. The molecule has 2 rings (SSSR count). The first-order valence-corrected chi connectivity index (χ1v) is 6.20. The van der Waals surface area contributed by atoms with Crippen molar-refractivity contribution < 1.29 is 9.53 Å². The number of aryl methyl sites for hydroxylation is 2. The maximum absolute atomic E-state index is 11.4. The van der Waals surface area contributed by atoms with E-state index in [0.29, 0.717) is 0 Å². The lowest BCUT2D eigenvalue weighted by Gasteiger charge is -2.10. The number of carbonyl (C=O) groups is 1. The van der Waals surface area contributed by atoms with Crippen LogP contribution in [-0.2, 0) is 22.4 Å². The van der Waals surface area contributed by atoms with Crippen molar-refractivity contribution in [2.45, 2.75) is 39.2 Å². The maximum atomic E-state index is 11.4. The zero-order valence-corrected chi connectivity index (χ0v) is 10.5. The fourth-order valence-electron chi connectivity index (χ4n) is 2.16. The molecule has 1 aliphatic rings. The smallest absolute Gasteiger partial charge is 0.325 e. The summed E-state index contributed by atoms with van der Waals surface area (Å²) in [5.41, 5.74) is 3.86. The number of nitrogens with one attached hydrogen (secondary N) is 1. The Morgan fingerprint density at radius 2 is 2.12 bits per heavy atom. The highest BCUT2D eigenvalue weighted by Crippen LogP contribution is 2.24. The molecule has 0 bridgehead atoms. The fraction of sp³-hybridized carbons (Fsp3) is 0.500. The van der Waals surface area contributed by atoms with E-state index in [0.717, 1.165) is 12.1 Å². The van der Waals surface area contributed by atoms with E-state index in [1.54, 1.807) is 0 Å². The average molecular weight is 233 g/mol. The molecule has 0 spiro atoms. The number of hydrogen-bond acceptors (Lipinski definition) is 3. The molecular weight excluding hydrogens is 214 g/mol. The van der Waals surface area contributed by atoms with Crippen LogP contribution in [0.1, 0.15) is 31.4 Å². The highest BCUT2D eigenvalue weighted by atomic mass is 16.5. The summed E-state index contributed by atoms with van der Waals surface area (Å²) >= 11 is 0. The highest BCUT2D eigenvalue weighted by molar-refractivity contribution is 5.75. The molecule has 1 aromatic carbocycles. The summed E-state index contributed by atoms with van der Waals surface area (Å²) in [6, 6.07) is 6.33. The highest BCUT2D eigenvalue weighted by Gasteiger charge is 2.11. The Hall–Kier alpha value is -1.51. The van der Waals surface area contributed by atoms with Crippen molar-refractivity contribution in [3.63, 3.8) is 0 Å². The van der Waals surface area contributed by atoms with Crippen LogP contribution in [0.15, 0.2) is 18.2 Å². The van der Waals surface area contributed by atoms with Crippen LogP contribution in [0.3, 0.4) is 0 Å². The number of rotatable bonds is 4. The third-order valence-electron chi connectivity index (χ3n) is 2.90. The molecule has 0 aliphatic heterocycles. The lowest BCUT2D eigenvalue weighted by atomic mass is 10.1. The van der Waals surface area contributed by atoms with Gasteiger partial charge in [0.2, 0.25) is 0 Å². The monoisotopic (exact) mass is 233 g/mol. The van der Waals surface area contributed by atoms with Crippen molar-refractivity contribution in [2.75, 3.05) is 11.9 Å². The SMILES string of the molecule is CC(C)OC(=O)CNc1ccc2c(c1)CCC2. The van der Waals surface area contributed by atoms with Gasteiger partial charge in [0.05, 0.1) is 6.10 Å². The number of fused-ring (bicyclic) bond motifs is 1. The maximum Gasteiger partial charge on any atom is 0.325 e. The molecule has 0 atom stereocenters. The molecule has 0 saturated heterocycles. The van der Waals surface area contributed by atoms with Gasteiger partial charge in [-0.2, -0.15) is 0 Å². The van der Waals surface area contributed by atoms with Crippen LogP contribution in [0.25, 0.3) is 0 Å². The molecular formula is C14H19NO2. The molecule has 92 valence electrons. The van der Waals surface area contributed by atoms with Gasteiger partial charge in [-0.3, -0.25) is 4.79 Å². The summed E-state index contributed by atoms with van der Waals surface area (Å²) in [4.78, 5) is 11.4. The van der Waals surface area contributed by atoms with Gasteiger partial charge in [0, 0.05) is 5.69 Å². The molecule has 0 unspecified atom stereocenters. The standard InChI is InChI=1S/C14H19NO2/c1-10(2)17-14(16)9-15-13-7-6-11-4-3-5-12(11)8-13/h6-8,10,15H,3-5,9H2,1-2H3. The molecule has 3 heteroatoms. The van der Waals surface area contributed by atoms with Crippen molar-refractivity contribution in [1.82, 2.24) is 0 Å². The van der Waals surface area contributed by atoms with E-state index in [4.69, 9.17) is 4.74 Å². The summed E-state index contributed by atoms with van der Waals surface area (Å²) in [5, 5.41) is 3.10. The van der Waals surface area contributed by atoms with Gasteiger partial charge in [0.1, 0.15) is 6.54 Å². The molecule has 0 aromatic heterocycles. The van der Waals surface area contributed by atoms with E-state index in [9.17, 15) is 4.79 Å². The van der Waals surface area contributed by atoms with Gasteiger partial charge < -0.3 is 10.1 Å². The normalized spacial score (nSPS) is 13.6. The minimum absolute atomic E-state index is 0.0516. The molecule has 0 radical (unpaired) electrons.